The zero-order valence-electron chi connectivity index (χ0n) is 2.40. The average Bonchev–Trinajstić information content (AvgIpc) is 0. The van der Waals surface area contributed by atoms with Crippen LogP contribution in [0.2, 0.25) is 0 Å². The fraction of sp³-hybridized carbons (Fsp3) is 0. The van der Waals surface area contributed by atoms with E-state index in [9.17, 15) is 0 Å². The van der Waals surface area contributed by atoms with Gasteiger partial charge in [-0.1, -0.05) is 0 Å². The largest absolute Gasteiger partial charge is 0 e. The molecule has 23 valence electrons. The molecule has 0 bridgehead atoms. The summed E-state index contributed by atoms with van der Waals surface area (Å²) in [4.78, 5) is 0. The molecule has 0 aromatic heterocycles. The fourth-order valence-electron chi connectivity index (χ4n) is 0. The van der Waals surface area contributed by atoms with Crippen molar-refractivity contribution < 1.29 is 181 Å². The molecule has 0 aromatic rings. The molecule has 0 saturated heterocycles. The van der Waals surface area contributed by atoms with Gasteiger partial charge >= 0.3 is 0 Å². The van der Waals surface area contributed by atoms with Crippen molar-refractivity contribution >= 4 is 0 Å². The van der Waals surface area contributed by atoms with E-state index in [0.29, 0.717) is 0 Å². The van der Waals surface area contributed by atoms with Crippen LogP contribution in [-0.2, 0) is 17.1 Å². The van der Waals surface area contributed by atoms with Gasteiger partial charge in [0.25, 0.3) is 0 Å². The molecule has 0 fully saturated rings. The first-order chi connectivity index (χ1) is 0. The molecule has 0 atom stereocenters. The van der Waals surface area contributed by atoms with Crippen molar-refractivity contribution in [2.45, 2.75) is 0 Å². The Morgan fingerprint density at radius 1 is 1.00 bits per heavy atom. The zero-order valence-corrected chi connectivity index (χ0v) is 16.5. The monoisotopic (exact) mass is 623 g/mol. The molecule has 0 unspecified atom stereocenters. The zero-order chi connectivity index (χ0) is 0. The van der Waals surface area contributed by atoms with Crippen LogP contribution in [0, 0.1) is 164 Å². The Hall–Kier alpha value is 5.95. The summed E-state index contributed by atoms with van der Waals surface area (Å²) in [5, 5.41) is 0. The molecule has 0 rings (SSSR count). The van der Waals surface area contributed by atoms with E-state index in [4.69, 9.17) is 0 Å². The van der Waals surface area contributed by atoms with Crippen LogP contribution in [-0.4, -0.2) is 0 Å². The summed E-state index contributed by atoms with van der Waals surface area (Å²) in [5.41, 5.74) is 0. The third kappa shape index (κ3) is 17.8. The van der Waals surface area contributed by atoms with Crippen LogP contribution in [0.1, 0.15) is 0 Å². The third-order valence-electron chi connectivity index (χ3n) is 0. The molecule has 0 saturated carbocycles. The molecule has 0 nitrogen and oxygen atoms in total. The van der Waals surface area contributed by atoms with Gasteiger partial charge in [-0.15, -0.1) is 0 Å². The smallest absolute Gasteiger partial charge is 0 e. The molecule has 0 amide bonds. The van der Waals surface area contributed by atoms with E-state index < -0.39 is 0 Å². The van der Waals surface area contributed by atoms with Crippen LogP contribution >= 0.6 is 0 Å². The molecular formula is CeMnNdPmPr. The quantitative estimate of drug-likeness (QED) is 0.333. The van der Waals surface area contributed by atoms with Crippen molar-refractivity contribution in [2.24, 2.45) is 0 Å². The summed E-state index contributed by atoms with van der Waals surface area (Å²) in [6.45, 7) is 0. The van der Waals surface area contributed by atoms with Crippen molar-refractivity contribution in [3.8, 4) is 0 Å². The molecule has 0 heterocycles. The van der Waals surface area contributed by atoms with Crippen molar-refractivity contribution in [1.82, 2.24) is 0 Å². The van der Waals surface area contributed by atoms with Gasteiger partial charge in [-0.25, -0.2) is 0 Å². The standard InChI is InChI=1S/Ce.Mn.Nd.Pm.Pr. The van der Waals surface area contributed by atoms with Crippen LogP contribution in [0.3, 0.4) is 0 Å². The molecule has 0 N–H and O–H groups in total. The molecule has 0 aliphatic rings. The molecule has 0 spiro atoms. The van der Waals surface area contributed by atoms with E-state index >= 15 is 0 Å². The molecule has 5 heteroatoms. The van der Waals surface area contributed by atoms with Crippen LogP contribution in [0.4, 0.5) is 0 Å². The van der Waals surface area contributed by atoms with Gasteiger partial charge in [0.15, 0.2) is 0 Å². The molecule has 3 radical (unpaired) electrons. The van der Waals surface area contributed by atoms with Crippen LogP contribution < -0.4 is 0 Å². The summed E-state index contributed by atoms with van der Waals surface area (Å²) >= 11 is 0. The predicted octanol–water partition coefficient (Wildman–Crippen LogP) is -0.00250. The van der Waals surface area contributed by atoms with Gasteiger partial charge in [0, 0.05) is 181 Å². The van der Waals surface area contributed by atoms with E-state index in [2.05, 4.69) is 0 Å². The summed E-state index contributed by atoms with van der Waals surface area (Å²) in [6, 6.07) is 0. The minimum absolute atomic E-state index is 0. The molecular weight excluding hydrogens is 625 g/mol. The Morgan fingerprint density at radius 2 is 1.00 bits per heavy atom. The van der Waals surface area contributed by atoms with Gasteiger partial charge in [0.1, 0.15) is 0 Å². The van der Waals surface area contributed by atoms with Crippen molar-refractivity contribution in [2.75, 3.05) is 0 Å². The van der Waals surface area contributed by atoms with Crippen molar-refractivity contribution in [3.05, 3.63) is 0 Å². The average molecular weight is 625 g/mol. The third-order valence-corrected chi connectivity index (χ3v) is 0. The normalized spacial score (nSPS) is 0. The number of rotatable bonds is 0. The Bertz CT molecular complexity index is 11.6. The van der Waals surface area contributed by atoms with Gasteiger partial charge in [-0.05, 0) is 0 Å². The van der Waals surface area contributed by atoms with Crippen LogP contribution in [0.25, 0.3) is 0 Å². The molecule has 0 aliphatic heterocycles. The topological polar surface area (TPSA) is 0 Å². The molecule has 0 aromatic carbocycles. The molecule has 5 heavy (non-hydrogen) atoms. The van der Waals surface area contributed by atoms with E-state index in [1.807, 2.05) is 0 Å². The van der Waals surface area contributed by atoms with E-state index in [0.717, 1.165) is 0 Å². The number of hydrogen-bond donors (Lipinski definition) is 0. The summed E-state index contributed by atoms with van der Waals surface area (Å²) in [7, 11) is 0. The van der Waals surface area contributed by atoms with Gasteiger partial charge in [-0.2, -0.15) is 0 Å². The second-order valence-electron chi connectivity index (χ2n) is 0. The second kappa shape index (κ2) is 22.5. The maximum absolute atomic E-state index is 0. The van der Waals surface area contributed by atoms with Gasteiger partial charge in [0.2, 0.25) is 0 Å². The van der Waals surface area contributed by atoms with E-state index in [1.165, 1.54) is 0 Å². The minimum atomic E-state index is 0. The minimum Gasteiger partial charge on any atom is 0 e. The maximum atomic E-state index is 0. The first-order valence-electron chi connectivity index (χ1n) is 0. The Morgan fingerprint density at radius 3 is 1.00 bits per heavy atom. The first kappa shape index (κ1) is 30.6. The van der Waals surface area contributed by atoms with Gasteiger partial charge < -0.3 is 0 Å². The summed E-state index contributed by atoms with van der Waals surface area (Å²) < 4.78 is 0. The van der Waals surface area contributed by atoms with E-state index in [-0.39, 0.29) is 181 Å². The molecule has 0 aliphatic carbocycles. The first-order valence-corrected chi connectivity index (χ1v) is 0. The van der Waals surface area contributed by atoms with Crippen LogP contribution in [0.15, 0.2) is 0 Å². The van der Waals surface area contributed by atoms with Crippen molar-refractivity contribution in [1.29, 1.82) is 0 Å². The van der Waals surface area contributed by atoms with Crippen molar-refractivity contribution in [3.63, 3.8) is 0 Å². The van der Waals surface area contributed by atoms with Gasteiger partial charge in [0.05, 0.1) is 0 Å². The SMILES string of the molecule is [Ce].[Mn].[Nd].[Pm].[Pr]. The van der Waals surface area contributed by atoms with Gasteiger partial charge in [-0.3, -0.25) is 0 Å². The second-order valence-corrected chi connectivity index (χ2v) is 0. The van der Waals surface area contributed by atoms with E-state index in [1.54, 1.807) is 0 Å². The van der Waals surface area contributed by atoms with Crippen LogP contribution in [0.5, 0.6) is 0 Å². The number of hydrogen-bond acceptors (Lipinski definition) is 0. The Kier molecular flexibility index (Phi) is 138. The Balaban J connectivity index is 0. The Labute approximate surface area is 175 Å². The maximum Gasteiger partial charge on any atom is 0 e. The fourth-order valence-corrected chi connectivity index (χ4v) is 0. The predicted molar refractivity (Wildman–Crippen MR) is 0 cm³/mol. The summed E-state index contributed by atoms with van der Waals surface area (Å²) in [6.07, 6.45) is 0. The summed E-state index contributed by atoms with van der Waals surface area (Å²) in [5.74, 6) is 0.